The summed E-state index contributed by atoms with van der Waals surface area (Å²) in [5.74, 6) is -0.949. The Hall–Kier alpha value is -2.28. The molecule has 2 N–H and O–H groups in total. The summed E-state index contributed by atoms with van der Waals surface area (Å²) in [6, 6.07) is 11.6. The normalized spacial score (nSPS) is 12.9. The third-order valence-electron chi connectivity index (χ3n) is 4.02. The molecule has 1 amide bonds. The highest BCUT2D eigenvalue weighted by Crippen LogP contribution is 2.29. The number of methoxy groups -OCH3 is 1. The first-order valence-corrected chi connectivity index (χ1v) is 9.36. The summed E-state index contributed by atoms with van der Waals surface area (Å²) < 4.78 is 10.9. The minimum atomic E-state index is -0.952. The van der Waals surface area contributed by atoms with Crippen molar-refractivity contribution in [1.29, 1.82) is 0 Å². The van der Waals surface area contributed by atoms with E-state index in [0.717, 1.165) is 0 Å². The van der Waals surface area contributed by atoms with E-state index in [0.29, 0.717) is 33.5 Å². The van der Waals surface area contributed by atoms with Crippen LogP contribution in [0.3, 0.4) is 0 Å². The highest BCUT2D eigenvalue weighted by molar-refractivity contribution is 6.34. The number of carbonyl (C=O) groups is 2. The van der Waals surface area contributed by atoms with Gasteiger partial charge in [-0.15, -0.1) is 0 Å². The number of nitrogens with one attached hydrogen (secondary N) is 1. The Labute approximate surface area is 173 Å². The average Bonchev–Trinajstić information content (AvgIpc) is 2.67. The zero-order valence-electron chi connectivity index (χ0n) is 15.4. The molecule has 0 saturated carbocycles. The molecular formula is C20H21Cl2NO5. The fourth-order valence-electron chi connectivity index (χ4n) is 2.54. The van der Waals surface area contributed by atoms with Crippen LogP contribution in [-0.4, -0.2) is 30.2 Å². The molecule has 150 valence electrons. The smallest absolute Gasteiger partial charge is 0.306 e. The van der Waals surface area contributed by atoms with Crippen molar-refractivity contribution in [3.05, 3.63) is 58.1 Å². The number of ether oxygens (including phenoxy) is 2. The monoisotopic (exact) mass is 425 g/mol. The number of hydrogen-bond acceptors (Lipinski definition) is 4. The lowest BCUT2D eigenvalue weighted by atomic mass is 10.1. The molecule has 0 spiro atoms. The SMILES string of the molecule is CC[C@@H](Oc1cc(Cl)ccc1Cl)C(=O)Nc1ccc([C@@H](CC(=O)O)OC)cc1. The fourth-order valence-corrected chi connectivity index (χ4v) is 2.87. The second-order valence-electron chi connectivity index (χ2n) is 6.02. The van der Waals surface area contributed by atoms with Gasteiger partial charge in [-0.1, -0.05) is 42.3 Å². The molecule has 8 heteroatoms. The summed E-state index contributed by atoms with van der Waals surface area (Å²) in [6.45, 7) is 1.82. The Morgan fingerprint density at radius 3 is 2.39 bits per heavy atom. The second kappa shape index (κ2) is 10.3. The van der Waals surface area contributed by atoms with Gasteiger partial charge in [0.15, 0.2) is 6.10 Å². The van der Waals surface area contributed by atoms with E-state index in [9.17, 15) is 9.59 Å². The first-order chi connectivity index (χ1) is 13.3. The lowest BCUT2D eigenvalue weighted by Crippen LogP contribution is -2.32. The molecule has 2 atom stereocenters. The number of halogens is 2. The van der Waals surface area contributed by atoms with Crippen LogP contribution in [-0.2, 0) is 14.3 Å². The molecule has 28 heavy (non-hydrogen) atoms. The molecule has 0 saturated heterocycles. The van der Waals surface area contributed by atoms with E-state index in [-0.39, 0.29) is 12.3 Å². The van der Waals surface area contributed by atoms with E-state index in [1.165, 1.54) is 7.11 Å². The first-order valence-electron chi connectivity index (χ1n) is 8.61. The lowest BCUT2D eigenvalue weighted by Gasteiger charge is -2.19. The Morgan fingerprint density at radius 1 is 1.14 bits per heavy atom. The van der Waals surface area contributed by atoms with Crippen molar-refractivity contribution in [2.75, 3.05) is 12.4 Å². The van der Waals surface area contributed by atoms with Crippen LogP contribution in [0.25, 0.3) is 0 Å². The van der Waals surface area contributed by atoms with Crippen LogP contribution < -0.4 is 10.1 Å². The van der Waals surface area contributed by atoms with Crippen LogP contribution in [0, 0.1) is 0 Å². The molecule has 6 nitrogen and oxygen atoms in total. The molecule has 0 bridgehead atoms. The van der Waals surface area contributed by atoms with Gasteiger partial charge in [-0.3, -0.25) is 9.59 Å². The second-order valence-corrected chi connectivity index (χ2v) is 6.87. The molecule has 0 fully saturated rings. The number of carboxylic acids is 1. The Bertz CT molecular complexity index is 826. The van der Waals surface area contributed by atoms with E-state index >= 15 is 0 Å². The van der Waals surface area contributed by atoms with Crippen molar-refractivity contribution in [3.8, 4) is 5.75 Å². The summed E-state index contributed by atoms with van der Waals surface area (Å²) in [6.07, 6.45) is -1.03. The minimum absolute atomic E-state index is 0.144. The van der Waals surface area contributed by atoms with Crippen molar-refractivity contribution in [1.82, 2.24) is 0 Å². The van der Waals surface area contributed by atoms with Crippen molar-refractivity contribution in [2.45, 2.75) is 32.0 Å². The molecular weight excluding hydrogens is 405 g/mol. The third-order valence-corrected chi connectivity index (χ3v) is 4.57. The van der Waals surface area contributed by atoms with Crippen molar-refractivity contribution in [2.24, 2.45) is 0 Å². The van der Waals surface area contributed by atoms with E-state index in [1.54, 1.807) is 42.5 Å². The van der Waals surface area contributed by atoms with Gasteiger partial charge < -0.3 is 19.9 Å². The van der Waals surface area contributed by atoms with Gasteiger partial charge in [0.1, 0.15) is 5.75 Å². The van der Waals surface area contributed by atoms with Gasteiger partial charge in [0, 0.05) is 23.9 Å². The maximum absolute atomic E-state index is 12.6. The molecule has 0 aliphatic heterocycles. The standard InChI is InChI=1S/C20H21Cl2NO5/c1-3-16(28-18-10-13(21)6-9-15(18)22)20(26)23-14-7-4-12(5-8-14)17(27-2)11-19(24)25/h4-10,16-17H,3,11H2,1-2H3,(H,23,26)(H,24,25)/t16-,17-/m1/s1. The average molecular weight is 426 g/mol. The van der Waals surface area contributed by atoms with Crippen molar-refractivity contribution < 1.29 is 24.2 Å². The van der Waals surface area contributed by atoms with E-state index in [2.05, 4.69) is 5.32 Å². The molecule has 0 aliphatic rings. The Balaban J connectivity index is 2.05. The predicted molar refractivity (Wildman–Crippen MR) is 108 cm³/mol. The highest BCUT2D eigenvalue weighted by Gasteiger charge is 2.20. The maximum Gasteiger partial charge on any atom is 0.306 e. The molecule has 0 aliphatic carbocycles. The Morgan fingerprint density at radius 2 is 1.82 bits per heavy atom. The quantitative estimate of drug-likeness (QED) is 0.593. The Kier molecular flexibility index (Phi) is 8.11. The molecule has 2 aromatic rings. The number of aliphatic carboxylic acids is 1. The van der Waals surface area contributed by atoms with E-state index < -0.39 is 18.2 Å². The molecule has 0 aromatic heterocycles. The van der Waals surface area contributed by atoms with Crippen LogP contribution in [0.4, 0.5) is 5.69 Å². The molecule has 0 radical (unpaired) electrons. The van der Waals surface area contributed by atoms with Gasteiger partial charge in [-0.25, -0.2) is 0 Å². The van der Waals surface area contributed by atoms with Crippen LogP contribution >= 0.6 is 23.2 Å². The van der Waals surface area contributed by atoms with Gasteiger partial charge in [-0.05, 0) is 36.2 Å². The maximum atomic E-state index is 12.6. The fraction of sp³-hybridized carbons (Fsp3) is 0.300. The predicted octanol–water partition coefficient (Wildman–Crippen LogP) is 4.95. The van der Waals surface area contributed by atoms with Gasteiger partial charge in [0.2, 0.25) is 0 Å². The summed E-state index contributed by atoms with van der Waals surface area (Å²) >= 11 is 12.0. The lowest BCUT2D eigenvalue weighted by molar-refractivity contribution is -0.139. The number of amides is 1. The summed E-state index contributed by atoms with van der Waals surface area (Å²) in [4.78, 5) is 23.4. The number of hydrogen-bond donors (Lipinski definition) is 2. The zero-order chi connectivity index (χ0) is 20.7. The topological polar surface area (TPSA) is 84.9 Å². The first kappa shape index (κ1) is 22.0. The number of carbonyl (C=O) groups excluding carboxylic acids is 1. The molecule has 2 rings (SSSR count). The van der Waals surface area contributed by atoms with Crippen LogP contribution in [0.15, 0.2) is 42.5 Å². The van der Waals surface area contributed by atoms with Gasteiger partial charge >= 0.3 is 5.97 Å². The number of benzene rings is 2. The molecule has 0 heterocycles. The van der Waals surface area contributed by atoms with Gasteiger partial charge in [-0.2, -0.15) is 0 Å². The number of anilines is 1. The summed E-state index contributed by atoms with van der Waals surface area (Å²) in [5.41, 5.74) is 1.26. The number of carboxylic acid groups (broad SMARTS) is 1. The van der Waals surface area contributed by atoms with Gasteiger partial charge in [0.05, 0.1) is 17.5 Å². The molecule has 2 aromatic carbocycles. The van der Waals surface area contributed by atoms with Crippen LogP contribution in [0.1, 0.15) is 31.4 Å². The van der Waals surface area contributed by atoms with Crippen LogP contribution in [0.5, 0.6) is 5.75 Å². The largest absolute Gasteiger partial charge is 0.481 e. The van der Waals surface area contributed by atoms with Crippen molar-refractivity contribution >= 4 is 40.8 Å². The third kappa shape index (κ3) is 6.12. The highest BCUT2D eigenvalue weighted by atomic mass is 35.5. The zero-order valence-corrected chi connectivity index (χ0v) is 17.0. The molecule has 0 unspecified atom stereocenters. The summed E-state index contributed by atoms with van der Waals surface area (Å²) in [7, 11) is 1.45. The number of rotatable bonds is 9. The van der Waals surface area contributed by atoms with Crippen LogP contribution in [0.2, 0.25) is 10.0 Å². The summed E-state index contributed by atoms with van der Waals surface area (Å²) in [5, 5.41) is 12.5. The van der Waals surface area contributed by atoms with E-state index in [1.807, 2.05) is 6.92 Å². The van der Waals surface area contributed by atoms with Gasteiger partial charge in [0.25, 0.3) is 5.91 Å². The minimum Gasteiger partial charge on any atom is -0.481 e. The van der Waals surface area contributed by atoms with Crippen molar-refractivity contribution in [3.63, 3.8) is 0 Å². The van der Waals surface area contributed by atoms with E-state index in [4.69, 9.17) is 37.8 Å².